The molecule has 0 aliphatic rings. The topological polar surface area (TPSA) is 138 Å². The van der Waals surface area contributed by atoms with Gasteiger partial charge in [-0.25, -0.2) is 0 Å². The molecule has 94 valence electrons. The Kier molecular flexibility index (Phi) is 4.88. The Morgan fingerprint density at radius 1 is 1.41 bits per heavy atom. The van der Waals surface area contributed by atoms with Gasteiger partial charge in [-0.2, -0.15) is 15.0 Å². The summed E-state index contributed by atoms with van der Waals surface area (Å²) in [6.07, 6.45) is 0. The number of hydrogen-bond donors (Lipinski definition) is 3. The predicted molar refractivity (Wildman–Crippen MR) is 59.3 cm³/mol. The molecule has 0 aliphatic carbocycles. The molecule has 0 atom stereocenters. The molecule has 0 aliphatic heterocycles. The minimum absolute atomic E-state index is 0.0532. The van der Waals surface area contributed by atoms with Crippen LogP contribution in [0.4, 0.5) is 11.9 Å². The normalized spacial score (nSPS) is 9.94. The summed E-state index contributed by atoms with van der Waals surface area (Å²) in [5.41, 5.74) is 10.3. The Morgan fingerprint density at radius 3 is 2.82 bits per heavy atom. The van der Waals surface area contributed by atoms with E-state index in [1.165, 1.54) is 7.11 Å². The highest BCUT2D eigenvalue weighted by Crippen LogP contribution is 2.07. The summed E-state index contributed by atoms with van der Waals surface area (Å²) in [6, 6.07) is 0.123. The molecule has 5 N–H and O–H groups in total. The van der Waals surface area contributed by atoms with Crippen molar-refractivity contribution in [2.45, 2.75) is 0 Å². The van der Waals surface area contributed by atoms with Crippen LogP contribution in [0.1, 0.15) is 0 Å². The molecule has 17 heavy (non-hydrogen) atoms. The van der Waals surface area contributed by atoms with E-state index in [9.17, 15) is 4.79 Å². The van der Waals surface area contributed by atoms with Crippen LogP contribution in [0.3, 0.4) is 0 Å². The van der Waals surface area contributed by atoms with Gasteiger partial charge < -0.3 is 26.3 Å². The van der Waals surface area contributed by atoms with Crippen LogP contribution in [0.25, 0.3) is 0 Å². The molecule has 0 bridgehead atoms. The second-order valence-corrected chi connectivity index (χ2v) is 2.95. The third-order valence-electron chi connectivity index (χ3n) is 1.59. The highest BCUT2D eigenvalue weighted by molar-refractivity contribution is 5.74. The summed E-state index contributed by atoms with van der Waals surface area (Å²) in [4.78, 5) is 21.8. The van der Waals surface area contributed by atoms with E-state index in [1.54, 1.807) is 0 Å². The summed E-state index contributed by atoms with van der Waals surface area (Å²) < 4.78 is 9.75. The molecule has 0 saturated carbocycles. The van der Waals surface area contributed by atoms with Gasteiger partial charge in [0.25, 0.3) is 0 Å². The maximum atomic E-state index is 10.4. The van der Waals surface area contributed by atoms with Crippen LogP contribution in [-0.2, 0) is 9.53 Å². The van der Waals surface area contributed by atoms with Crippen LogP contribution in [0.2, 0.25) is 0 Å². The number of rotatable bonds is 7. The molecule has 1 rings (SSSR count). The lowest BCUT2D eigenvalue weighted by Gasteiger charge is -2.06. The molecular weight excluding hydrogens is 228 g/mol. The van der Waals surface area contributed by atoms with Crippen LogP contribution in [0.5, 0.6) is 6.01 Å². The second kappa shape index (κ2) is 6.43. The van der Waals surface area contributed by atoms with Crippen molar-refractivity contribution < 1.29 is 14.3 Å². The SMILES string of the molecule is COc1nc(N)nc(NCCOCC(N)=O)n1. The number of nitrogen functional groups attached to an aromatic ring is 1. The lowest BCUT2D eigenvalue weighted by molar-refractivity contribution is -0.122. The number of nitrogens with one attached hydrogen (secondary N) is 1. The molecule has 0 fully saturated rings. The van der Waals surface area contributed by atoms with Crippen molar-refractivity contribution in [2.75, 3.05) is 37.9 Å². The summed E-state index contributed by atoms with van der Waals surface area (Å²) in [5, 5.41) is 2.83. The van der Waals surface area contributed by atoms with Crippen LogP contribution in [0, 0.1) is 0 Å². The molecule has 9 heteroatoms. The lowest BCUT2D eigenvalue weighted by atomic mass is 10.6. The zero-order valence-corrected chi connectivity index (χ0v) is 9.34. The van der Waals surface area contributed by atoms with E-state index in [0.29, 0.717) is 6.54 Å². The molecule has 0 radical (unpaired) electrons. The van der Waals surface area contributed by atoms with Gasteiger partial charge in [-0.05, 0) is 0 Å². The number of carbonyl (C=O) groups excluding carboxylic acids is 1. The smallest absolute Gasteiger partial charge is 0.322 e. The standard InChI is InChI=1S/C8H14N6O3/c1-16-8-13-6(10)12-7(14-8)11-2-3-17-4-5(9)15/h2-4H2,1H3,(H2,9,15)(H3,10,11,12,13,14). The maximum Gasteiger partial charge on any atom is 0.322 e. The molecule has 0 unspecified atom stereocenters. The minimum Gasteiger partial charge on any atom is -0.467 e. The second-order valence-electron chi connectivity index (χ2n) is 2.95. The Bertz CT molecular complexity index is 386. The number of carbonyl (C=O) groups is 1. The number of hydrogen-bond acceptors (Lipinski definition) is 8. The molecular formula is C8H14N6O3. The number of primary amides is 1. The van der Waals surface area contributed by atoms with E-state index >= 15 is 0 Å². The average Bonchev–Trinajstić information content (AvgIpc) is 2.27. The van der Waals surface area contributed by atoms with Crippen LogP contribution in [-0.4, -0.2) is 47.7 Å². The average molecular weight is 242 g/mol. The molecule has 9 nitrogen and oxygen atoms in total. The van der Waals surface area contributed by atoms with E-state index in [0.717, 1.165) is 0 Å². The van der Waals surface area contributed by atoms with Crippen molar-refractivity contribution in [1.29, 1.82) is 0 Å². The Labute approximate surface area is 97.5 Å². The van der Waals surface area contributed by atoms with Gasteiger partial charge in [-0.1, -0.05) is 0 Å². The van der Waals surface area contributed by atoms with E-state index in [2.05, 4.69) is 20.3 Å². The van der Waals surface area contributed by atoms with E-state index in [-0.39, 0.29) is 31.1 Å². The third kappa shape index (κ3) is 4.93. The van der Waals surface area contributed by atoms with Crippen molar-refractivity contribution in [2.24, 2.45) is 5.73 Å². The van der Waals surface area contributed by atoms with Crippen molar-refractivity contribution in [3.63, 3.8) is 0 Å². The zero-order chi connectivity index (χ0) is 12.7. The number of ether oxygens (including phenoxy) is 2. The van der Waals surface area contributed by atoms with Crippen molar-refractivity contribution >= 4 is 17.8 Å². The monoisotopic (exact) mass is 242 g/mol. The number of methoxy groups -OCH3 is 1. The van der Waals surface area contributed by atoms with Gasteiger partial charge in [0.05, 0.1) is 13.7 Å². The summed E-state index contributed by atoms with van der Waals surface area (Å²) in [7, 11) is 1.43. The first kappa shape index (κ1) is 12.9. The molecule has 1 heterocycles. The first-order valence-electron chi connectivity index (χ1n) is 4.77. The predicted octanol–water partition coefficient (Wildman–Crippen LogP) is -1.62. The molecule has 1 aromatic rings. The Balaban J connectivity index is 2.36. The number of aromatic nitrogens is 3. The van der Waals surface area contributed by atoms with Gasteiger partial charge in [-0.15, -0.1) is 0 Å². The molecule has 0 saturated heterocycles. The fourth-order valence-electron chi connectivity index (χ4n) is 0.950. The summed E-state index contributed by atoms with van der Waals surface area (Å²) >= 11 is 0. The fraction of sp³-hybridized carbons (Fsp3) is 0.500. The van der Waals surface area contributed by atoms with Crippen LogP contribution >= 0.6 is 0 Å². The maximum absolute atomic E-state index is 10.4. The number of nitrogens with zero attached hydrogens (tertiary/aromatic N) is 3. The number of nitrogens with two attached hydrogens (primary N) is 2. The van der Waals surface area contributed by atoms with Gasteiger partial charge in [0, 0.05) is 6.54 Å². The fourth-order valence-corrected chi connectivity index (χ4v) is 0.950. The number of anilines is 2. The number of amides is 1. The highest BCUT2D eigenvalue weighted by atomic mass is 16.5. The Morgan fingerprint density at radius 2 is 2.18 bits per heavy atom. The molecule has 1 amide bonds. The van der Waals surface area contributed by atoms with Crippen LogP contribution < -0.4 is 21.5 Å². The van der Waals surface area contributed by atoms with Crippen molar-refractivity contribution in [3.8, 4) is 6.01 Å². The largest absolute Gasteiger partial charge is 0.467 e. The van der Waals surface area contributed by atoms with Gasteiger partial charge in [0.15, 0.2) is 0 Å². The Hall–Kier alpha value is -2.16. The zero-order valence-electron chi connectivity index (χ0n) is 9.34. The minimum atomic E-state index is -0.518. The summed E-state index contributed by atoms with van der Waals surface area (Å²) in [6.45, 7) is 0.571. The van der Waals surface area contributed by atoms with E-state index < -0.39 is 5.91 Å². The van der Waals surface area contributed by atoms with E-state index in [4.69, 9.17) is 20.9 Å². The van der Waals surface area contributed by atoms with Crippen molar-refractivity contribution in [1.82, 2.24) is 15.0 Å². The first-order chi connectivity index (χ1) is 8.11. The molecule has 1 aromatic heterocycles. The van der Waals surface area contributed by atoms with E-state index in [1.807, 2.05) is 0 Å². The van der Waals surface area contributed by atoms with Crippen molar-refractivity contribution in [3.05, 3.63) is 0 Å². The van der Waals surface area contributed by atoms with Crippen LogP contribution in [0.15, 0.2) is 0 Å². The third-order valence-corrected chi connectivity index (χ3v) is 1.59. The highest BCUT2D eigenvalue weighted by Gasteiger charge is 2.03. The van der Waals surface area contributed by atoms with Gasteiger partial charge in [0.1, 0.15) is 6.61 Å². The molecule has 0 spiro atoms. The van der Waals surface area contributed by atoms with Gasteiger partial charge in [0.2, 0.25) is 17.8 Å². The molecule has 0 aromatic carbocycles. The summed E-state index contributed by atoms with van der Waals surface area (Å²) in [5.74, 6) is -0.189. The lowest BCUT2D eigenvalue weighted by Crippen LogP contribution is -2.21. The van der Waals surface area contributed by atoms with Gasteiger partial charge >= 0.3 is 6.01 Å². The first-order valence-corrected chi connectivity index (χ1v) is 4.77. The quantitative estimate of drug-likeness (QED) is 0.485. The van der Waals surface area contributed by atoms with Gasteiger partial charge in [-0.3, -0.25) is 4.79 Å².